The Balaban J connectivity index is 2.61. The number of nitrogens with zero attached hydrogens (tertiary/aromatic N) is 2. The fourth-order valence-corrected chi connectivity index (χ4v) is 1.82. The Bertz CT molecular complexity index is 366. The van der Waals surface area contributed by atoms with E-state index in [0.29, 0.717) is 6.54 Å². The zero-order chi connectivity index (χ0) is 13.5. The lowest BCUT2D eigenvalue weighted by Crippen LogP contribution is -2.28. The number of rotatable bonds is 7. The molecule has 1 aromatic carbocycles. The summed E-state index contributed by atoms with van der Waals surface area (Å²) in [5, 5.41) is 0. The van der Waals surface area contributed by atoms with Crippen molar-refractivity contribution in [2.75, 3.05) is 41.3 Å². The van der Waals surface area contributed by atoms with Crippen LogP contribution in [0.2, 0.25) is 0 Å². The molecule has 0 heterocycles. The first-order valence-electron chi connectivity index (χ1n) is 6.26. The van der Waals surface area contributed by atoms with Crippen LogP contribution in [-0.4, -0.2) is 51.1 Å². The van der Waals surface area contributed by atoms with Gasteiger partial charge in [-0.1, -0.05) is 12.1 Å². The second kappa shape index (κ2) is 7.36. The Morgan fingerprint density at radius 3 is 2.44 bits per heavy atom. The van der Waals surface area contributed by atoms with Crippen LogP contribution < -0.4 is 10.5 Å². The largest absolute Gasteiger partial charge is 0.496 e. The third-order valence-electron chi connectivity index (χ3n) is 2.95. The highest BCUT2D eigenvalue weighted by Crippen LogP contribution is 2.20. The molecule has 1 aromatic rings. The molecule has 0 fully saturated rings. The van der Waals surface area contributed by atoms with Crippen molar-refractivity contribution in [3.63, 3.8) is 0 Å². The molecule has 0 spiro atoms. The highest BCUT2D eigenvalue weighted by Gasteiger charge is 2.05. The summed E-state index contributed by atoms with van der Waals surface area (Å²) in [4.78, 5) is 4.49. The van der Waals surface area contributed by atoms with E-state index in [9.17, 15) is 0 Å². The summed E-state index contributed by atoms with van der Waals surface area (Å²) >= 11 is 0. The van der Waals surface area contributed by atoms with E-state index in [4.69, 9.17) is 10.5 Å². The van der Waals surface area contributed by atoms with Crippen LogP contribution in [-0.2, 0) is 13.1 Å². The molecule has 0 aliphatic heterocycles. The molecule has 0 saturated carbocycles. The standard InChI is InChI=1S/C14H25N3O/c1-16(2)7-8-17(3)11-12-5-6-13(10-15)14(9-12)18-4/h5-6,9H,7-8,10-11,15H2,1-4H3. The molecule has 102 valence electrons. The smallest absolute Gasteiger partial charge is 0.123 e. The minimum atomic E-state index is 0.514. The number of ether oxygens (including phenoxy) is 1. The molecule has 0 radical (unpaired) electrons. The van der Waals surface area contributed by atoms with Gasteiger partial charge in [0.1, 0.15) is 5.75 Å². The predicted molar refractivity (Wildman–Crippen MR) is 75.8 cm³/mol. The molecule has 0 saturated heterocycles. The number of nitrogens with two attached hydrogens (primary N) is 1. The number of hydrogen-bond donors (Lipinski definition) is 1. The summed E-state index contributed by atoms with van der Waals surface area (Å²) in [6, 6.07) is 6.25. The number of methoxy groups -OCH3 is 1. The van der Waals surface area contributed by atoms with Crippen molar-refractivity contribution in [3.05, 3.63) is 29.3 Å². The molecule has 4 heteroatoms. The highest BCUT2D eigenvalue weighted by molar-refractivity contribution is 5.37. The predicted octanol–water partition coefficient (Wildman–Crippen LogP) is 1.15. The molecule has 4 nitrogen and oxygen atoms in total. The van der Waals surface area contributed by atoms with Gasteiger partial charge in [-0.25, -0.2) is 0 Å². The lowest BCUT2D eigenvalue weighted by molar-refractivity contribution is 0.276. The van der Waals surface area contributed by atoms with E-state index in [1.807, 2.05) is 6.07 Å². The Morgan fingerprint density at radius 1 is 1.17 bits per heavy atom. The first-order valence-corrected chi connectivity index (χ1v) is 6.26. The van der Waals surface area contributed by atoms with Gasteiger partial charge in [-0.15, -0.1) is 0 Å². The normalized spacial score (nSPS) is 11.3. The number of benzene rings is 1. The summed E-state index contributed by atoms with van der Waals surface area (Å²) < 4.78 is 5.35. The summed E-state index contributed by atoms with van der Waals surface area (Å²) in [5.74, 6) is 0.885. The number of likely N-dealkylation sites (N-methyl/N-ethyl adjacent to an activating group) is 2. The van der Waals surface area contributed by atoms with E-state index < -0.39 is 0 Å². The van der Waals surface area contributed by atoms with Crippen LogP contribution >= 0.6 is 0 Å². The quantitative estimate of drug-likeness (QED) is 0.789. The molecular formula is C14H25N3O. The maximum absolute atomic E-state index is 5.66. The lowest BCUT2D eigenvalue weighted by atomic mass is 10.1. The molecule has 0 unspecified atom stereocenters. The second-order valence-electron chi connectivity index (χ2n) is 4.89. The average molecular weight is 251 g/mol. The van der Waals surface area contributed by atoms with Gasteiger partial charge in [-0.3, -0.25) is 0 Å². The first kappa shape index (κ1) is 15.0. The molecule has 0 atom stereocenters. The van der Waals surface area contributed by atoms with Crippen LogP contribution in [0.15, 0.2) is 18.2 Å². The van der Waals surface area contributed by atoms with Gasteiger partial charge in [0.25, 0.3) is 0 Å². The SMILES string of the molecule is COc1cc(CN(C)CCN(C)C)ccc1CN. The summed E-state index contributed by atoms with van der Waals surface area (Å²) in [5.41, 5.74) is 7.97. The summed E-state index contributed by atoms with van der Waals surface area (Å²) in [6.45, 7) is 3.55. The monoisotopic (exact) mass is 251 g/mol. The van der Waals surface area contributed by atoms with E-state index in [0.717, 1.165) is 30.9 Å². The van der Waals surface area contributed by atoms with E-state index in [-0.39, 0.29) is 0 Å². The van der Waals surface area contributed by atoms with Crippen LogP contribution in [0.5, 0.6) is 5.75 Å². The van der Waals surface area contributed by atoms with Crippen LogP contribution in [0.25, 0.3) is 0 Å². The molecule has 18 heavy (non-hydrogen) atoms. The molecule has 0 bridgehead atoms. The molecule has 0 amide bonds. The van der Waals surface area contributed by atoms with Gasteiger partial charge < -0.3 is 20.3 Å². The van der Waals surface area contributed by atoms with Gasteiger partial charge in [0, 0.05) is 31.7 Å². The van der Waals surface area contributed by atoms with Gasteiger partial charge >= 0.3 is 0 Å². The van der Waals surface area contributed by atoms with Crippen molar-refractivity contribution < 1.29 is 4.74 Å². The third kappa shape index (κ3) is 4.64. The number of hydrogen-bond acceptors (Lipinski definition) is 4. The van der Waals surface area contributed by atoms with Crippen molar-refractivity contribution in [2.24, 2.45) is 5.73 Å². The average Bonchev–Trinajstić information content (AvgIpc) is 2.36. The van der Waals surface area contributed by atoms with E-state index in [1.165, 1.54) is 5.56 Å². The molecule has 0 aliphatic carbocycles. The van der Waals surface area contributed by atoms with E-state index in [1.54, 1.807) is 7.11 Å². The third-order valence-corrected chi connectivity index (χ3v) is 2.95. The van der Waals surface area contributed by atoms with Gasteiger partial charge in [-0.2, -0.15) is 0 Å². The van der Waals surface area contributed by atoms with Crippen molar-refractivity contribution in [3.8, 4) is 5.75 Å². The van der Waals surface area contributed by atoms with Gasteiger partial charge in [0.2, 0.25) is 0 Å². The minimum absolute atomic E-state index is 0.514. The molecule has 0 aliphatic rings. The van der Waals surface area contributed by atoms with Gasteiger partial charge in [0.05, 0.1) is 7.11 Å². The van der Waals surface area contributed by atoms with Gasteiger partial charge in [0.15, 0.2) is 0 Å². The Kier molecular flexibility index (Phi) is 6.12. The highest BCUT2D eigenvalue weighted by atomic mass is 16.5. The molecule has 0 aromatic heterocycles. The van der Waals surface area contributed by atoms with Crippen LogP contribution in [0.4, 0.5) is 0 Å². The Hall–Kier alpha value is -1.10. The fourth-order valence-electron chi connectivity index (χ4n) is 1.82. The van der Waals surface area contributed by atoms with Gasteiger partial charge in [-0.05, 0) is 32.8 Å². The Morgan fingerprint density at radius 2 is 1.89 bits per heavy atom. The molecular weight excluding hydrogens is 226 g/mol. The lowest BCUT2D eigenvalue weighted by Gasteiger charge is -2.20. The first-order chi connectivity index (χ1) is 8.56. The zero-order valence-corrected chi connectivity index (χ0v) is 11.9. The Labute approximate surface area is 110 Å². The van der Waals surface area contributed by atoms with Crippen molar-refractivity contribution >= 4 is 0 Å². The van der Waals surface area contributed by atoms with Crippen molar-refractivity contribution in [1.29, 1.82) is 0 Å². The van der Waals surface area contributed by atoms with Crippen LogP contribution in [0.3, 0.4) is 0 Å². The zero-order valence-electron chi connectivity index (χ0n) is 11.9. The van der Waals surface area contributed by atoms with Crippen molar-refractivity contribution in [2.45, 2.75) is 13.1 Å². The fraction of sp³-hybridized carbons (Fsp3) is 0.571. The maximum Gasteiger partial charge on any atom is 0.123 e. The van der Waals surface area contributed by atoms with Crippen LogP contribution in [0.1, 0.15) is 11.1 Å². The maximum atomic E-state index is 5.66. The molecule has 1 rings (SSSR count). The van der Waals surface area contributed by atoms with E-state index >= 15 is 0 Å². The topological polar surface area (TPSA) is 41.7 Å². The summed E-state index contributed by atoms with van der Waals surface area (Å²) in [6.07, 6.45) is 0. The minimum Gasteiger partial charge on any atom is -0.496 e. The van der Waals surface area contributed by atoms with Crippen LogP contribution in [0, 0.1) is 0 Å². The second-order valence-corrected chi connectivity index (χ2v) is 4.89. The molecule has 2 N–H and O–H groups in total. The van der Waals surface area contributed by atoms with Crippen molar-refractivity contribution in [1.82, 2.24) is 9.80 Å². The summed E-state index contributed by atoms with van der Waals surface area (Å²) in [7, 11) is 8.00. The van der Waals surface area contributed by atoms with E-state index in [2.05, 4.69) is 43.1 Å².